The van der Waals surface area contributed by atoms with Crippen LogP contribution < -0.4 is 4.90 Å². The second-order valence-corrected chi connectivity index (χ2v) is 8.85. The summed E-state index contributed by atoms with van der Waals surface area (Å²) in [5.74, 6) is 1.96. The van der Waals surface area contributed by atoms with E-state index >= 15 is 0 Å². The normalized spacial score (nSPS) is 18.2. The number of benzene rings is 1. The smallest absolute Gasteiger partial charge is 0.228 e. The van der Waals surface area contributed by atoms with E-state index in [0.717, 1.165) is 40.5 Å². The van der Waals surface area contributed by atoms with Gasteiger partial charge in [-0.1, -0.05) is 23.9 Å². The average Bonchev–Trinajstić information content (AvgIpc) is 3.27. The van der Waals surface area contributed by atoms with Crippen LogP contribution in [0.15, 0.2) is 29.4 Å². The van der Waals surface area contributed by atoms with Crippen molar-refractivity contribution >= 4 is 39.3 Å². The molecule has 0 radical (unpaired) electrons. The van der Waals surface area contributed by atoms with Gasteiger partial charge in [-0.05, 0) is 44.2 Å². The van der Waals surface area contributed by atoms with Gasteiger partial charge in [-0.25, -0.2) is 4.98 Å². The number of hydrogen-bond acceptors (Lipinski definition) is 6. The minimum absolute atomic E-state index is 0.602. The quantitative estimate of drug-likeness (QED) is 0.618. The minimum Gasteiger partial charge on any atom is -0.341 e. The van der Waals surface area contributed by atoms with Crippen molar-refractivity contribution in [3.05, 3.63) is 29.3 Å². The fraction of sp³-hybridized carbons (Fsp3) is 0.500. The van der Waals surface area contributed by atoms with Crippen LogP contribution in [-0.4, -0.2) is 32.8 Å². The van der Waals surface area contributed by atoms with Crippen LogP contribution in [0.1, 0.15) is 43.2 Å². The van der Waals surface area contributed by atoms with E-state index in [1.807, 2.05) is 6.07 Å². The van der Waals surface area contributed by atoms with Crippen molar-refractivity contribution in [2.24, 2.45) is 0 Å². The molecule has 7 heteroatoms. The molecule has 0 spiro atoms. The van der Waals surface area contributed by atoms with Crippen molar-refractivity contribution in [2.75, 3.05) is 18.0 Å². The van der Waals surface area contributed by atoms with Gasteiger partial charge in [0.1, 0.15) is 5.01 Å². The van der Waals surface area contributed by atoms with Crippen LogP contribution in [0.5, 0.6) is 0 Å². The van der Waals surface area contributed by atoms with Gasteiger partial charge in [0.25, 0.3) is 0 Å². The highest BCUT2D eigenvalue weighted by atomic mass is 32.2. The Balaban J connectivity index is 1.37. The Kier molecular flexibility index (Phi) is 4.13. The number of thiazole rings is 1. The molecule has 2 aliphatic rings. The second-order valence-electron chi connectivity index (χ2n) is 6.80. The number of anilines is 1. The van der Waals surface area contributed by atoms with Crippen molar-refractivity contribution in [2.45, 2.75) is 49.1 Å². The Morgan fingerprint density at radius 2 is 1.92 bits per heavy atom. The molecule has 2 aromatic heterocycles. The molecule has 0 bridgehead atoms. The Morgan fingerprint density at radius 3 is 2.72 bits per heavy atom. The van der Waals surface area contributed by atoms with Crippen molar-refractivity contribution in [3.8, 4) is 0 Å². The van der Waals surface area contributed by atoms with Crippen LogP contribution in [0, 0.1) is 0 Å². The molecule has 0 atom stereocenters. The van der Waals surface area contributed by atoms with Gasteiger partial charge < -0.3 is 4.90 Å². The number of rotatable bonds is 5. The Bertz CT molecular complexity index is 844. The maximum atomic E-state index is 4.74. The minimum atomic E-state index is 0.602. The number of thioether (sulfide) groups is 1. The fourth-order valence-corrected chi connectivity index (χ4v) is 5.40. The third-order valence-corrected chi connectivity index (χ3v) is 7.03. The zero-order chi connectivity index (χ0) is 16.6. The molecule has 1 saturated heterocycles. The largest absolute Gasteiger partial charge is 0.341 e. The summed E-state index contributed by atoms with van der Waals surface area (Å²) in [6.07, 6.45) is 6.39. The van der Waals surface area contributed by atoms with Gasteiger partial charge >= 0.3 is 0 Å². The zero-order valence-electron chi connectivity index (χ0n) is 14.1. The number of nitrogens with zero attached hydrogens (tertiary/aromatic N) is 5. The summed E-state index contributed by atoms with van der Waals surface area (Å²) in [6.45, 7) is 2.24. The van der Waals surface area contributed by atoms with Crippen LogP contribution in [0.3, 0.4) is 0 Å². The van der Waals surface area contributed by atoms with E-state index in [2.05, 4.69) is 37.9 Å². The van der Waals surface area contributed by atoms with Crippen molar-refractivity contribution in [1.29, 1.82) is 0 Å². The van der Waals surface area contributed by atoms with E-state index in [-0.39, 0.29) is 0 Å². The van der Waals surface area contributed by atoms with Gasteiger partial charge in [0.2, 0.25) is 5.95 Å². The van der Waals surface area contributed by atoms with Crippen LogP contribution in [0.4, 0.5) is 5.95 Å². The molecule has 1 saturated carbocycles. The van der Waals surface area contributed by atoms with Crippen molar-refractivity contribution in [1.82, 2.24) is 19.7 Å². The molecule has 3 heterocycles. The van der Waals surface area contributed by atoms with E-state index in [0.29, 0.717) is 6.04 Å². The van der Waals surface area contributed by atoms with Crippen molar-refractivity contribution < 1.29 is 0 Å². The summed E-state index contributed by atoms with van der Waals surface area (Å²) in [5, 5.41) is 11.3. The lowest BCUT2D eigenvalue weighted by molar-refractivity contribution is 0.548. The molecule has 1 aliphatic heterocycles. The van der Waals surface area contributed by atoms with Gasteiger partial charge in [0.15, 0.2) is 5.16 Å². The first-order valence-corrected chi connectivity index (χ1v) is 10.9. The predicted octanol–water partition coefficient (Wildman–Crippen LogP) is 4.51. The summed E-state index contributed by atoms with van der Waals surface area (Å²) >= 11 is 3.56. The van der Waals surface area contributed by atoms with Gasteiger partial charge in [0, 0.05) is 19.1 Å². The SMILES string of the molecule is c1ccc2sc(CSc3nnc(N4CCCCC4)n3C3CC3)nc2c1. The van der Waals surface area contributed by atoms with Gasteiger partial charge in [-0.3, -0.25) is 4.57 Å². The highest BCUT2D eigenvalue weighted by Gasteiger charge is 2.32. The Hall–Kier alpha value is -1.60. The lowest BCUT2D eigenvalue weighted by Gasteiger charge is -2.27. The third-order valence-electron chi connectivity index (χ3n) is 4.86. The van der Waals surface area contributed by atoms with Crippen LogP contribution in [-0.2, 0) is 5.75 Å². The number of piperidine rings is 1. The molecule has 25 heavy (non-hydrogen) atoms. The molecular weight excluding hydrogens is 350 g/mol. The molecule has 130 valence electrons. The maximum Gasteiger partial charge on any atom is 0.228 e. The number of hydrogen-bond donors (Lipinski definition) is 0. The molecule has 2 fully saturated rings. The first-order chi connectivity index (χ1) is 12.4. The van der Waals surface area contributed by atoms with Crippen LogP contribution in [0.2, 0.25) is 0 Å². The molecule has 5 rings (SSSR count). The standard InChI is InChI=1S/C18H21N5S2/c1-4-10-22(11-5-1)17-20-21-18(23(17)13-8-9-13)24-12-16-19-14-6-2-3-7-15(14)25-16/h2-3,6-7,13H,1,4-5,8-12H2. The van der Waals surface area contributed by atoms with E-state index < -0.39 is 0 Å². The molecule has 0 N–H and O–H groups in total. The first-order valence-electron chi connectivity index (χ1n) is 9.05. The fourth-order valence-electron chi connectivity index (χ4n) is 3.44. The summed E-state index contributed by atoms with van der Waals surface area (Å²) in [7, 11) is 0. The summed E-state index contributed by atoms with van der Waals surface area (Å²) in [5.41, 5.74) is 1.10. The molecular formula is C18H21N5S2. The molecule has 0 amide bonds. The highest BCUT2D eigenvalue weighted by molar-refractivity contribution is 7.98. The molecule has 1 aromatic carbocycles. The summed E-state index contributed by atoms with van der Waals surface area (Å²) in [6, 6.07) is 8.95. The van der Waals surface area contributed by atoms with E-state index in [9.17, 15) is 0 Å². The zero-order valence-corrected chi connectivity index (χ0v) is 15.7. The molecule has 3 aromatic rings. The van der Waals surface area contributed by atoms with Gasteiger partial charge in [-0.2, -0.15) is 0 Å². The molecule has 0 unspecified atom stereocenters. The lowest BCUT2D eigenvalue weighted by atomic mass is 10.1. The average molecular weight is 372 g/mol. The molecule has 1 aliphatic carbocycles. The topological polar surface area (TPSA) is 46.8 Å². The predicted molar refractivity (Wildman–Crippen MR) is 104 cm³/mol. The second kappa shape index (κ2) is 6.61. The van der Waals surface area contributed by atoms with E-state index in [1.165, 1.54) is 36.8 Å². The summed E-state index contributed by atoms with van der Waals surface area (Å²) < 4.78 is 3.65. The monoisotopic (exact) mass is 371 g/mol. The lowest BCUT2D eigenvalue weighted by Crippen LogP contribution is -2.31. The number of para-hydroxylation sites is 1. The van der Waals surface area contributed by atoms with Crippen molar-refractivity contribution in [3.63, 3.8) is 0 Å². The number of fused-ring (bicyclic) bond motifs is 1. The van der Waals surface area contributed by atoms with Gasteiger partial charge in [0.05, 0.1) is 16.0 Å². The Labute approximate surface area is 155 Å². The van der Waals surface area contributed by atoms with Crippen LogP contribution >= 0.6 is 23.1 Å². The number of aromatic nitrogens is 4. The third kappa shape index (κ3) is 3.15. The van der Waals surface area contributed by atoms with E-state index in [1.54, 1.807) is 23.1 Å². The van der Waals surface area contributed by atoms with Crippen LogP contribution in [0.25, 0.3) is 10.2 Å². The first kappa shape index (κ1) is 15.6. The van der Waals surface area contributed by atoms with E-state index in [4.69, 9.17) is 4.98 Å². The Morgan fingerprint density at radius 1 is 1.08 bits per heavy atom. The summed E-state index contributed by atoms with van der Waals surface area (Å²) in [4.78, 5) is 7.17. The highest BCUT2D eigenvalue weighted by Crippen LogP contribution is 2.42. The maximum absolute atomic E-state index is 4.74. The molecule has 5 nitrogen and oxygen atoms in total. The van der Waals surface area contributed by atoms with Gasteiger partial charge in [-0.15, -0.1) is 21.5 Å².